The zero-order chi connectivity index (χ0) is 18.2. The normalized spacial score (nSPS) is 11.5. The van der Waals surface area contributed by atoms with Crippen molar-refractivity contribution in [2.75, 3.05) is 23.0 Å². The summed E-state index contributed by atoms with van der Waals surface area (Å²) < 4.78 is 37.1. The Balaban J connectivity index is 1.87. The molecule has 2 aromatic heterocycles. The average Bonchev–Trinajstić information content (AvgIpc) is 2.92. The fraction of sp³-hybridized carbons (Fsp3) is 0.133. The van der Waals surface area contributed by atoms with Crippen molar-refractivity contribution in [1.82, 2.24) is 9.97 Å². The number of alkyl halides is 3. The van der Waals surface area contributed by atoms with Crippen LogP contribution in [0.1, 0.15) is 0 Å². The maximum atomic E-state index is 12.4. The number of rotatable bonds is 3. The molecule has 130 valence electrons. The highest BCUT2D eigenvalue weighted by Gasteiger charge is 2.38. The number of nitrogens with zero attached hydrogens (tertiary/aromatic N) is 3. The summed E-state index contributed by atoms with van der Waals surface area (Å²) in [6, 6.07) is 9.52. The highest BCUT2D eigenvalue weighted by atomic mass is 32.1. The smallest absolute Gasteiger partial charge is 0.375 e. The molecule has 0 aliphatic heterocycles. The Kier molecular flexibility index (Phi) is 4.21. The number of nitrogen functional groups attached to an aromatic ring is 1. The summed E-state index contributed by atoms with van der Waals surface area (Å²) in [5, 5.41) is 2.23. The van der Waals surface area contributed by atoms with Gasteiger partial charge in [-0.05, 0) is 30.3 Å². The molecule has 3 rings (SSSR count). The maximum Gasteiger partial charge on any atom is 0.471 e. The predicted octanol–water partition coefficient (Wildman–Crippen LogP) is 3.54. The van der Waals surface area contributed by atoms with Gasteiger partial charge in [0.15, 0.2) is 5.13 Å². The first-order valence-electron chi connectivity index (χ1n) is 6.99. The number of benzene rings is 1. The Hall–Kier alpha value is -2.88. The zero-order valence-electron chi connectivity index (χ0n) is 12.8. The van der Waals surface area contributed by atoms with E-state index < -0.39 is 12.1 Å². The molecule has 1 aromatic carbocycles. The molecule has 25 heavy (non-hydrogen) atoms. The van der Waals surface area contributed by atoms with E-state index >= 15 is 0 Å². The van der Waals surface area contributed by atoms with Crippen molar-refractivity contribution in [2.45, 2.75) is 6.18 Å². The van der Waals surface area contributed by atoms with Gasteiger partial charge in [0.2, 0.25) is 0 Å². The van der Waals surface area contributed by atoms with E-state index in [1.807, 2.05) is 5.32 Å². The van der Waals surface area contributed by atoms with Crippen molar-refractivity contribution in [3.63, 3.8) is 0 Å². The third-order valence-electron chi connectivity index (χ3n) is 3.35. The van der Waals surface area contributed by atoms with Crippen LogP contribution < -0.4 is 16.0 Å². The lowest BCUT2D eigenvalue weighted by atomic mass is 10.2. The lowest BCUT2D eigenvalue weighted by Gasteiger charge is -2.19. The molecule has 2 heterocycles. The molecule has 0 radical (unpaired) electrons. The van der Waals surface area contributed by atoms with Crippen molar-refractivity contribution < 1.29 is 18.0 Å². The largest absolute Gasteiger partial charge is 0.471 e. The molecule has 0 aliphatic carbocycles. The quantitative estimate of drug-likeness (QED) is 0.740. The van der Waals surface area contributed by atoms with Gasteiger partial charge in [-0.3, -0.25) is 4.79 Å². The summed E-state index contributed by atoms with van der Waals surface area (Å²) in [7, 11) is 1.71. The van der Waals surface area contributed by atoms with E-state index in [1.165, 1.54) is 23.5 Å². The predicted molar refractivity (Wildman–Crippen MR) is 91.0 cm³/mol. The van der Waals surface area contributed by atoms with E-state index in [0.29, 0.717) is 27.0 Å². The summed E-state index contributed by atoms with van der Waals surface area (Å²) in [6.45, 7) is 0. The molecule has 0 bridgehead atoms. The van der Waals surface area contributed by atoms with E-state index in [-0.39, 0.29) is 5.69 Å². The number of aromatic nitrogens is 2. The van der Waals surface area contributed by atoms with E-state index in [2.05, 4.69) is 9.97 Å². The minimum atomic E-state index is -4.94. The monoisotopic (exact) mass is 367 g/mol. The van der Waals surface area contributed by atoms with Crippen molar-refractivity contribution in [1.29, 1.82) is 0 Å². The Morgan fingerprint density at radius 2 is 2.00 bits per heavy atom. The molecular formula is C15H12F3N5OS. The van der Waals surface area contributed by atoms with Gasteiger partial charge in [0, 0.05) is 18.4 Å². The molecule has 0 saturated carbocycles. The third-order valence-corrected chi connectivity index (χ3v) is 4.14. The lowest BCUT2D eigenvalue weighted by molar-refractivity contribution is -0.167. The zero-order valence-corrected chi connectivity index (χ0v) is 13.6. The third kappa shape index (κ3) is 3.63. The molecule has 0 saturated heterocycles. The lowest BCUT2D eigenvalue weighted by Crippen LogP contribution is -2.29. The minimum Gasteiger partial charge on any atom is -0.375 e. The number of nitrogens with two attached hydrogens (primary N) is 1. The number of anilines is 4. The molecule has 3 aromatic rings. The first kappa shape index (κ1) is 17.0. The summed E-state index contributed by atoms with van der Waals surface area (Å²) in [6.07, 6.45) is -4.94. The molecule has 10 heteroatoms. The number of carbonyl (C=O) groups excluding carboxylic acids is 1. The first-order valence-corrected chi connectivity index (χ1v) is 7.81. The van der Waals surface area contributed by atoms with Gasteiger partial charge < -0.3 is 16.0 Å². The van der Waals surface area contributed by atoms with Crippen molar-refractivity contribution in [3.05, 3.63) is 36.4 Å². The van der Waals surface area contributed by atoms with E-state index in [4.69, 9.17) is 5.73 Å². The van der Waals surface area contributed by atoms with Crippen LogP contribution in [0, 0.1) is 0 Å². The summed E-state index contributed by atoms with van der Waals surface area (Å²) >= 11 is 1.24. The molecule has 0 atom stereocenters. The fourth-order valence-corrected chi connectivity index (χ4v) is 2.84. The molecule has 3 N–H and O–H groups in total. The average molecular weight is 367 g/mol. The van der Waals surface area contributed by atoms with Gasteiger partial charge in [0.05, 0.1) is 0 Å². The van der Waals surface area contributed by atoms with Crippen molar-refractivity contribution >= 4 is 49.9 Å². The van der Waals surface area contributed by atoms with Crippen LogP contribution in [-0.4, -0.2) is 29.1 Å². The number of nitrogens with one attached hydrogen (secondary N) is 1. The Bertz CT molecular complexity index is 940. The van der Waals surface area contributed by atoms with Gasteiger partial charge in [-0.1, -0.05) is 17.4 Å². The van der Waals surface area contributed by atoms with Gasteiger partial charge in [0.1, 0.15) is 16.2 Å². The molecule has 0 fully saturated rings. The Morgan fingerprint density at radius 1 is 1.24 bits per heavy atom. The first-order chi connectivity index (χ1) is 11.7. The van der Waals surface area contributed by atoms with Crippen LogP contribution in [0.5, 0.6) is 0 Å². The number of fused-ring (bicyclic) bond motifs is 1. The number of hydrogen-bond donors (Lipinski definition) is 2. The number of pyridine rings is 1. The number of carbonyl (C=O) groups is 1. The van der Waals surface area contributed by atoms with Crippen LogP contribution in [0.3, 0.4) is 0 Å². The number of amides is 1. The number of halogens is 3. The molecule has 1 amide bonds. The van der Waals surface area contributed by atoms with Crippen LogP contribution >= 0.6 is 11.3 Å². The molecule has 0 unspecified atom stereocenters. The van der Waals surface area contributed by atoms with Crippen LogP contribution in [0.4, 0.5) is 35.5 Å². The minimum absolute atomic E-state index is 0.0368. The van der Waals surface area contributed by atoms with Gasteiger partial charge in [-0.25, -0.2) is 9.97 Å². The van der Waals surface area contributed by atoms with Crippen LogP contribution in [-0.2, 0) is 4.79 Å². The van der Waals surface area contributed by atoms with Gasteiger partial charge in [0.25, 0.3) is 0 Å². The molecule has 0 aliphatic rings. The topological polar surface area (TPSA) is 84.1 Å². The highest BCUT2D eigenvalue weighted by molar-refractivity contribution is 7.21. The van der Waals surface area contributed by atoms with E-state index in [0.717, 1.165) is 0 Å². The van der Waals surface area contributed by atoms with Crippen LogP contribution in [0.2, 0.25) is 0 Å². The van der Waals surface area contributed by atoms with E-state index in [1.54, 1.807) is 36.2 Å². The Morgan fingerprint density at radius 3 is 2.72 bits per heavy atom. The number of hydrogen-bond acceptors (Lipinski definition) is 6. The SMILES string of the molecule is CN(c1cccc(NC(=O)C(F)(F)F)c1)c1ccc2nc(N)sc2n1. The van der Waals surface area contributed by atoms with Crippen LogP contribution in [0.25, 0.3) is 10.3 Å². The standard InChI is InChI=1S/C15H12F3N5OS/c1-23(11-6-5-10-12(22-11)25-14(19)21-10)9-4-2-3-8(7-9)20-13(24)15(16,17)18/h2-7H,1H3,(H2,19,21)(H,20,24). The molecule has 0 spiro atoms. The molecular weight excluding hydrogens is 355 g/mol. The van der Waals surface area contributed by atoms with Gasteiger partial charge >= 0.3 is 12.1 Å². The second-order valence-corrected chi connectivity index (χ2v) is 6.12. The van der Waals surface area contributed by atoms with Gasteiger partial charge in [-0.2, -0.15) is 13.2 Å². The summed E-state index contributed by atoms with van der Waals surface area (Å²) in [4.78, 5) is 21.9. The number of thiazole rings is 1. The highest BCUT2D eigenvalue weighted by Crippen LogP contribution is 2.29. The maximum absolute atomic E-state index is 12.4. The second-order valence-electron chi connectivity index (χ2n) is 5.11. The van der Waals surface area contributed by atoms with Crippen LogP contribution in [0.15, 0.2) is 36.4 Å². The van der Waals surface area contributed by atoms with Crippen molar-refractivity contribution in [3.8, 4) is 0 Å². The Labute approximate surface area is 144 Å². The second kappa shape index (κ2) is 6.20. The van der Waals surface area contributed by atoms with Gasteiger partial charge in [-0.15, -0.1) is 0 Å². The summed E-state index contributed by atoms with van der Waals surface area (Å²) in [5.41, 5.74) is 6.92. The molecule has 6 nitrogen and oxygen atoms in total. The fourth-order valence-electron chi connectivity index (χ4n) is 2.14. The van der Waals surface area contributed by atoms with E-state index in [9.17, 15) is 18.0 Å². The van der Waals surface area contributed by atoms with Crippen molar-refractivity contribution in [2.24, 2.45) is 0 Å². The summed E-state index contributed by atoms with van der Waals surface area (Å²) in [5.74, 6) is -1.46.